The zero-order chi connectivity index (χ0) is 23.3. The Hall–Kier alpha value is -2.41. The fourth-order valence-electron chi connectivity index (χ4n) is 5.53. The molecule has 2 saturated carbocycles. The van der Waals surface area contributed by atoms with Gasteiger partial charge in [0.15, 0.2) is 5.82 Å². The number of fused-ring (bicyclic) bond motifs is 1. The summed E-state index contributed by atoms with van der Waals surface area (Å²) >= 11 is 0. The maximum Gasteiger partial charge on any atom is 0.290 e. The predicted molar refractivity (Wildman–Crippen MR) is 127 cm³/mol. The molecule has 1 aromatic heterocycles. The number of aromatic nitrogens is 2. The van der Waals surface area contributed by atoms with Crippen LogP contribution in [0.3, 0.4) is 0 Å². The summed E-state index contributed by atoms with van der Waals surface area (Å²) in [4.78, 5) is 34.8. The summed E-state index contributed by atoms with van der Waals surface area (Å²) in [5.74, 6) is 1.28. The largest absolute Gasteiger partial charge is 0.393 e. The van der Waals surface area contributed by atoms with E-state index >= 15 is 0 Å². The summed E-state index contributed by atoms with van der Waals surface area (Å²) < 4.78 is 1.93. The number of aliphatic hydroxyl groups excluding tert-OH is 1. The van der Waals surface area contributed by atoms with E-state index in [4.69, 9.17) is 4.98 Å². The molecule has 0 radical (unpaired) electrons. The number of amides is 2. The summed E-state index contributed by atoms with van der Waals surface area (Å²) in [7, 11) is 1.92. The van der Waals surface area contributed by atoms with Gasteiger partial charge < -0.3 is 19.5 Å². The Morgan fingerprint density at radius 2 is 1.88 bits per heavy atom. The standard InChI is InChI=1S/C26H36N4O3/c1-4-16(2)21-13-18(17-5-6-17)14-22-24(21)27-25(28(22)3)26(33)29-11-12-30(23(32)15-29)19-7-9-20(31)10-8-19/h13-14,16-17,19-20,31H,4-12,15H2,1-3H3. The third-order valence-corrected chi connectivity index (χ3v) is 8.07. The van der Waals surface area contributed by atoms with E-state index in [0.717, 1.165) is 43.1 Å². The number of rotatable bonds is 5. The van der Waals surface area contributed by atoms with Crippen LogP contribution in [-0.2, 0) is 11.8 Å². The number of hydrogen-bond acceptors (Lipinski definition) is 4. The van der Waals surface area contributed by atoms with E-state index in [-0.39, 0.29) is 30.5 Å². The molecule has 7 nitrogen and oxygen atoms in total. The lowest BCUT2D eigenvalue weighted by atomic mass is 9.91. The fourth-order valence-corrected chi connectivity index (χ4v) is 5.53. The first-order valence-electron chi connectivity index (χ1n) is 12.6. The maximum absolute atomic E-state index is 13.5. The third kappa shape index (κ3) is 4.16. The average molecular weight is 453 g/mol. The Balaban J connectivity index is 1.38. The summed E-state index contributed by atoms with van der Waals surface area (Å²) in [6.45, 7) is 5.60. The Morgan fingerprint density at radius 3 is 2.52 bits per heavy atom. The van der Waals surface area contributed by atoms with Gasteiger partial charge in [-0.25, -0.2) is 4.98 Å². The van der Waals surface area contributed by atoms with Gasteiger partial charge in [-0.05, 0) is 74.0 Å². The minimum atomic E-state index is -0.238. The number of benzene rings is 1. The second kappa shape index (κ2) is 8.75. The van der Waals surface area contributed by atoms with Gasteiger partial charge in [0, 0.05) is 26.2 Å². The lowest BCUT2D eigenvalue weighted by Crippen LogP contribution is -2.56. The Kier molecular flexibility index (Phi) is 5.93. The van der Waals surface area contributed by atoms with Gasteiger partial charge in [0.25, 0.3) is 5.91 Å². The molecule has 2 heterocycles. The van der Waals surface area contributed by atoms with Gasteiger partial charge in [-0.2, -0.15) is 0 Å². The van der Waals surface area contributed by atoms with Gasteiger partial charge in [-0.15, -0.1) is 0 Å². The van der Waals surface area contributed by atoms with E-state index in [1.807, 2.05) is 16.5 Å². The van der Waals surface area contributed by atoms with Crippen molar-refractivity contribution in [2.75, 3.05) is 19.6 Å². The Bertz CT molecular complexity index is 1070. The van der Waals surface area contributed by atoms with E-state index < -0.39 is 0 Å². The SMILES string of the molecule is CCC(C)c1cc(C2CC2)cc2c1nc(C(=O)N1CCN(C3CCC(O)CC3)C(=O)C1)n2C. The first kappa shape index (κ1) is 22.4. The molecule has 7 heteroatoms. The number of aliphatic hydroxyl groups is 1. The second-order valence-electron chi connectivity index (χ2n) is 10.3. The van der Waals surface area contributed by atoms with Gasteiger partial charge in [0.05, 0.1) is 17.1 Å². The summed E-state index contributed by atoms with van der Waals surface area (Å²) in [5.41, 5.74) is 4.53. The van der Waals surface area contributed by atoms with Crippen molar-refractivity contribution in [2.24, 2.45) is 7.05 Å². The molecule has 0 bridgehead atoms. The first-order chi connectivity index (χ1) is 15.9. The molecule has 33 heavy (non-hydrogen) atoms. The number of piperazine rings is 1. The molecule has 3 aliphatic rings. The zero-order valence-corrected chi connectivity index (χ0v) is 20.1. The number of imidazole rings is 1. The molecule has 5 rings (SSSR count). The van der Waals surface area contributed by atoms with Crippen LogP contribution in [0.1, 0.15) is 92.4 Å². The second-order valence-corrected chi connectivity index (χ2v) is 10.3. The van der Waals surface area contributed by atoms with Crippen molar-refractivity contribution in [1.29, 1.82) is 0 Å². The maximum atomic E-state index is 13.5. The molecule has 2 aliphatic carbocycles. The molecule has 1 N–H and O–H groups in total. The molecule has 1 atom stereocenters. The van der Waals surface area contributed by atoms with E-state index in [9.17, 15) is 14.7 Å². The van der Waals surface area contributed by atoms with E-state index in [2.05, 4.69) is 26.0 Å². The highest BCUT2D eigenvalue weighted by Gasteiger charge is 2.35. The van der Waals surface area contributed by atoms with Crippen molar-refractivity contribution < 1.29 is 14.7 Å². The van der Waals surface area contributed by atoms with Crippen LogP contribution in [0.25, 0.3) is 11.0 Å². The molecule has 2 aromatic rings. The van der Waals surface area contributed by atoms with Crippen molar-refractivity contribution in [3.05, 3.63) is 29.1 Å². The van der Waals surface area contributed by atoms with E-state index in [1.165, 1.54) is 24.0 Å². The third-order valence-electron chi connectivity index (χ3n) is 8.07. The molecule has 0 spiro atoms. The Labute approximate surface area is 195 Å². The lowest BCUT2D eigenvalue weighted by molar-refractivity contribution is -0.138. The molecular weight excluding hydrogens is 416 g/mol. The van der Waals surface area contributed by atoms with Crippen LogP contribution in [0.4, 0.5) is 0 Å². The van der Waals surface area contributed by atoms with Crippen molar-refractivity contribution in [1.82, 2.24) is 19.4 Å². The minimum Gasteiger partial charge on any atom is -0.393 e. The Morgan fingerprint density at radius 1 is 1.15 bits per heavy atom. The highest BCUT2D eigenvalue weighted by molar-refractivity contribution is 5.98. The molecule has 1 aliphatic heterocycles. The summed E-state index contributed by atoms with van der Waals surface area (Å²) in [5, 5.41) is 9.77. The van der Waals surface area contributed by atoms with E-state index in [1.54, 1.807) is 4.90 Å². The number of aryl methyl sites for hydroxylation is 1. The predicted octanol–water partition coefficient (Wildman–Crippen LogP) is 3.55. The van der Waals surface area contributed by atoms with Gasteiger partial charge in [-0.1, -0.05) is 19.9 Å². The normalized spacial score (nSPS) is 25.0. The molecule has 178 valence electrons. The number of nitrogens with zero attached hydrogens (tertiary/aromatic N) is 4. The lowest BCUT2D eigenvalue weighted by Gasteiger charge is -2.41. The van der Waals surface area contributed by atoms with Crippen LogP contribution < -0.4 is 0 Å². The van der Waals surface area contributed by atoms with Crippen LogP contribution >= 0.6 is 0 Å². The molecule has 1 aromatic carbocycles. The van der Waals surface area contributed by atoms with Crippen LogP contribution in [0.2, 0.25) is 0 Å². The average Bonchev–Trinajstić information content (AvgIpc) is 3.62. The summed E-state index contributed by atoms with van der Waals surface area (Å²) in [6.07, 6.45) is 6.44. The van der Waals surface area contributed by atoms with Crippen LogP contribution in [0, 0.1) is 0 Å². The van der Waals surface area contributed by atoms with Crippen LogP contribution in [0.15, 0.2) is 12.1 Å². The quantitative estimate of drug-likeness (QED) is 0.753. The monoisotopic (exact) mass is 452 g/mol. The molecule has 1 unspecified atom stereocenters. The number of carbonyl (C=O) groups is 2. The van der Waals surface area contributed by atoms with Crippen molar-refractivity contribution in [2.45, 2.75) is 82.8 Å². The van der Waals surface area contributed by atoms with Gasteiger partial charge >= 0.3 is 0 Å². The van der Waals surface area contributed by atoms with Crippen LogP contribution in [-0.4, -0.2) is 68.1 Å². The zero-order valence-electron chi connectivity index (χ0n) is 20.1. The highest BCUT2D eigenvalue weighted by atomic mass is 16.3. The molecule has 1 saturated heterocycles. The molecule has 3 fully saturated rings. The van der Waals surface area contributed by atoms with Crippen LogP contribution in [0.5, 0.6) is 0 Å². The van der Waals surface area contributed by atoms with Gasteiger partial charge in [0.1, 0.15) is 6.54 Å². The fraction of sp³-hybridized carbons (Fsp3) is 0.654. The smallest absolute Gasteiger partial charge is 0.290 e. The minimum absolute atomic E-state index is 0.00562. The van der Waals surface area contributed by atoms with Gasteiger partial charge in [-0.3, -0.25) is 9.59 Å². The van der Waals surface area contributed by atoms with Crippen molar-refractivity contribution >= 4 is 22.8 Å². The summed E-state index contributed by atoms with van der Waals surface area (Å²) in [6, 6.07) is 4.70. The molecular formula is C26H36N4O3. The number of hydrogen-bond donors (Lipinski definition) is 1. The number of carbonyl (C=O) groups excluding carboxylic acids is 2. The van der Waals surface area contributed by atoms with Gasteiger partial charge in [0.2, 0.25) is 5.91 Å². The first-order valence-corrected chi connectivity index (χ1v) is 12.6. The topological polar surface area (TPSA) is 78.7 Å². The van der Waals surface area contributed by atoms with Crippen molar-refractivity contribution in [3.63, 3.8) is 0 Å². The highest BCUT2D eigenvalue weighted by Crippen LogP contribution is 2.43. The van der Waals surface area contributed by atoms with Crippen molar-refractivity contribution in [3.8, 4) is 0 Å². The van der Waals surface area contributed by atoms with E-state index in [0.29, 0.717) is 30.7 Å². The molecule has 2 amide bonds.